The van der Waals surface area contributed by atoms with Crippen LogP contribution in [-0.4, -0.2) is 52.4 Å². The van der Waals surface area contributed by atoms with Gasteiger partial charge >= 0.3 is 5.97 Å². The molecule has 1 heterocycles. The third kappa shape index (κ3) is 2.64. The van der Waals surface area contributed by atoms with Crippen molar-refractivity contribution in [2.75, 3.05) is 14.2 Å². The molecule has 0 aromatic carbocycles. The lowest BCUT2D eigenvalue weighted by atomic mass is 9.71. The van der Waals surface area contributed by atoms with E-state index in [1.54, 1.807) is 6.08 Å². The van der Waals surface area contributed by atoms with Crippen LogP contribution in [0.3, 0.4) is 0 Å². The molecule has 1 aliphatic heterocycles. The van der Waals surface area contributed by atoms with Crippen molar-refractivity contribution in [1.82, 2.24) is 0 Å². The standard InChI is InChI=1S/C12H14B2O4S/c1-17-11(15)7-3-5-6(10(14)19-9(5)13)4-8(7)12(16)18-2/h3,6,8,10-11,15H,4H2,1-2H3. The highest BCUT2D eigenvalue weighted by molar-refractivity contribution is 8.06. The minimum absolute atomic E-state index is 0.00176. The number of hydrogen-bond acceptors (Lipinski definition) is 5. The molecule has 7 heteroatoms. The van der Waals surface area contributed by atoms with Gasteiger partial charge in [-0.25, -0.2) is 0 Å². The van der Waals surface area contributed by atoms with Crippen LogP contribution in [0.5, 0.6) is 0 Å². The minimum atomic E-state index is -1.15. The number of rotatable bonds is 3. The number of methoxy groups -OCH3 is 2. The lowest BCUT2D eigenvalue weighted by Crippen LogP contribution is -2.34. The summed E-state index contributed by atoms with van der Waals surface area (Å²) in [6.45, 7) is 0. The molecule has 0 saturated heterocycles. The first kappa shape index (κ1) is 14.8. The molecular weight excluding hydrogens is 262 g/mol. The zero-order valence-corrected chi connectivity index (χ0v) is 11.6. The summed E-state index contributed by atoms with van der Waals surface area (Å²) in [7, 11) is 14.6. The second-order valence-corrected chi connectivity index (χ2v) is 5.77. The number of esters is 1. The Morgan fingerprint density at radius 1 is 1.58 bits per heavy atom. The van der Waals surface area contributed by atoms with Gasteiger partial charge in [-0.2, -0.15) is 0 Å². The van der Waals surface area contributed by atoms with E-state index < -0.39 is 18.2 Å². The summed E-state index contributed by atoms with van der Waals surface area (Å²) in [6, 6.07) is 0. The monoisotopic (exact) mass is 276 g/mol. The van der Waals surface area contributed by atoms with Gasteiger partial charge in [0.25, 0.3) is 0 Å². The van der Waals surface area contributed by atoms with Crippen LogP contribution in [0.25, 0.3) is 0 Å². The predicted octanol–water partition coefficient (Wildman–Crippen LogP) is 0.308. The maximum absolute atomic E-state index is 11.8. The van der Waals surface area contributed by atoms with Crippen LogP contribution in [-0.2, 0) is 14.3 Å². The van der Waals surface area contributed by atoms with Gasteiger partial charge in [0.15, 0.2) is 6.29 Å². The van der Waals surface area contributed by atoms with Crippen molar-refractivity contribution < 1.29 is 19.4 Å². The Morgan fingerprint density at radius 2 is 2.26 bits per heavy atom. The van der Waals surface area contributed by atoms with E-state index in [9.17, 15) is 9.90 Å². The summed E-state index contributed by atoms with van der Waals surface area (Å²) in [4.78, 5) is 12.5. The molecular formula is C12H14B2O4S. The normalized spacial score (nSPS) is 31.7. The van der Waals surface area contributed by atoms with E-state index in [2.05, 4.69) is 0 Å². The Hall–Kier alpha value is -0.650. The molecule has 2 rings (SSSR count). The van der Waals surface area contributed by atoms with Crippen molar-refractivity contribution >= 4 is 33.4 Å². The lowest BCUT2D eigenvalue weighted by molar-refractivity contribution is -0.146. The van der Waals surface area contributed by atoms with Gasteiger partial charge in [-0.3, -0.25) is 4.79 Å². The van der Waals surface area contributed by atoms with Crippen molar-refractivity contribution in [1.29, 1.82) is 0 Å². The molecule has 4 atom stereocenters. The summed E-state index contributed by atoms with van der Waals surface area (Å²) in [5.41, 5.74) is 1.35. The fraction of sp³-hybridized carbons (Fsp3) is 0.583. The van der Waals surface area contributed by atoms with Gasteiger partial charge in [-0.05, 0) is 28.6 Å². The number of aliphatic hydroxyl groups is 1. The molecule has 0 spiro atoms. The summed E-state index contributed by atoms with van der Waals surface area (Å²) in [6.07, 6.45) is 1.05. The molecule has 0 amide bonds. The molecule has 4 nitrogen and oxygen atoms in total. The summed E-state index contributed by atoms with van der Waals surface area (Å²) in [5.74, 6) is -0.947. The molecule has 0 bridgehead atoms. The van der Waals surface area contributed by atoms with E-state index in [-0.39, 0.29) is 11.1 Å². The van der Waals surface area contributed by atoms with Crippen LogP contribution in [0.4, 0.5) is 0 Å². The summed E-state index contributed by atoms with van der Waals surface area (Å²) in [5, 5.41) is 9.70. The molecule has 1 N–H and O–H groups in total. The number of carbonyl (C=O) groups excluding carboxylic acids is 1. The summed E-state index contributed by atoms with van der Waals surface area (Å²) < 4.78 is 9.69. The molecule has 4 unspecified atom stereocenters. The molecule has 2 aliphatic rings. The smallest absolute Gasteiger partial charge is 0.313 e. The first-order chi connectivity index (χ1) is 8.99. The Balaban J connectivity index is 2.39. The predicted molar refractivity (Wildman–Crippen MR) is 74.6 cm³/mol. The van der Waals surface area contributed by atoms with Gasteiger partial charge in [0, 0.05) is 7.11 Å². The second-order valence-electron chi connectivity index (χ2n) is 4.55. The molecule has 0 aromatic heterocycles. The van der Waals surface area contributed by atoms with Crippen molar-refractivity contribution in [3.63, 3.8) is 0 Å². The molecule has 0 fully saturated rings. The largest absolute Gasteiger partial charge is 0.469 e. The van der Waals surface area contributed by atoms with Crippen LogP contribution >= 0.6 is 11.8 Å². The van der Waals surface area contributed by atoms with Crippen LogP contribution in [0.1, 0.15) is 6.42 Å². The van der Waals surface area contributed by atoms with E-state index in [1.165, 1.54) is 26.0 Å². The third-order valence-electron chi connectivity index (χ3n) is 3.55. The number of allylic oxidation sites excluding steroid dienone is 2. The number of carbonyl (C=O) groups is 1. The van der Waals surface area contributed by atoms with E-state index in [1.807, 2.05) is 0 Å². The molecule has 1 aliphatic carbocycles. The molecule has 19 heavy (non-hydrogen) atoms. The maximum atomic E-state index is 11.8. The molecule has 0 saturated carbocycles. The highest BCUT2D eigenvalue weighted by atomic mass is 32.2. The molecule has 98 valence electrons. The van der Waals surface area contributed by atoms with E-state index in [0.717, 1.165) is 5.57 Å². The van der Waals surface area contributed by atoms with Crippen LogP contribution in [0.2, 0.25) is 0 Å². The van der Waals surface area contributed by atoms with Crippen molar-refractivity contribution in [3.05, 3.63) is 22.0 Å². The zero-order chi connectivity index (χ0) is 14.2. The van der Waals surface area contributed by atoms with Gasteiger partial charge in [-0.1, -0.05) is 10.9 Å². The minimum Gasteiger partial charge on any atom is -0.469 e. The van der Waals surface area contributed by atoms with E-state index in [4.69, 9.17) is 25.2 Å². The van der Waals surface area contributed by atoms with E-state index >= 15 is 0 Å². The lowest BCUT2D eigenvalue weighted by Gasteiger charge is -2.31. The number of thioether (sulfide) groups is 1. The van der Waals surface area contributed by atoms with Crippen molar-refractivity contribution in [2.24, 2.45) is 11.8 Å². The van der Waals surface area contributed by atoms with Crippen molar-refractivity contribution in [3.8, 4) is 0 Å². The van der Waals surface area contributed by atoms with Crippen molar-refractivity contribution in [2.45, 2.75) is 17.9 Å². The highest BCUT2D eigenvalue weighted by Gasteiger charge is 2.40. The number of aliphatic hydroxyl groups excluding tert-OH is 1. The fourth-order valence-electron chi connectivity index (χ4n) is 2.52. The summed E-state index contributed by atoms with van der Waals surface area (Å²) >= 11 is 1.38. The topological polar surface area (TPSA) is 55.8 Å². The first-order valence-electron chi connectivity index (χ1n) is 5.91. The van der Waals surface area contributed by atoms with Gasteiger partial charge in [-0.15, -0.1) is 11.8 Å². The zero-order valence-electron chi connectivity index (χ0n) is 10.8. The SMILES string of the molecule is [B]C1=C2C=C(C(O)OC)C(C(=O)OC)CC2C([B])S1. The van der Waals surface area contributed by atoms with Crippen LogP contribution in [0, 0.1) is 11.8 Å². The Morgan fingerprint density at radius 3 is 2.84 bits per heavy atom. The molecule has 0 aromatic rings. The fourth-order valence-corrected chi connectivity index (χ4v) is 3.58. The average Bonchev–Trinajstić information content (AvgIpc) is 2.70. The molecule has 4 radical (unpaired) electrons. The number of ether oxygens (including phenoxy) is 2. The van der Waals surface area contributed by atoms with Gasteiger partial charge in [0.1, 0.15) is 7.85 Å². The first-order valence-corrected chi connectivity index (χ1v) is 6.79. The quantitative estimate of drug-likeness (QED) is 0.456. The van der Waals surface area contributed by atoms with Crippen LogP contribution in [0.15, 0.2) is 22.0 Å². The average molecular weight is 276 g/mol. The van der Waals surface area contributed by atoms with Crippen LogP contribution < -0.4 is 0 Å². The Kier molecular flexibility index (Phi) is 4.48. The Bertz CT molecular complexity index is 449. The van der Waals surface area contributed by atoms with Gasteiger partial charge < -0.3 is 14.6 Å². The second kappa shape index (κ2) is 5.77. The Labute approximate surface area is 119 Å². The highest BCUT2D eigenvalue weighted by Crippen LogP contribution is 2.47. The maximum Gasteiger partial charge on any atom is 0.313 e. The van der Waals surface area contributed by atoms with Gasteiger partial charge in [0.05, 0.1) is 20.9 Å². The van der Waals surface area contributed by atoms with E-state index in [0.29, 0.717) is 16.8 Å². The number of fused-ring (bicyclic) bond motifs is 1. The van der Waals surface area contributed by atoms with Gasteiger partial charge in [0.2, 0.25) is 0 Å². The third-order valence-corrected chi connectivity index (χ3v) is 4.64. The number of hydrogen-bond donors (Lipinski definition) is 1.